The third-order valence-electron chi connectivity index (χ3n) is 5.62. The predicted octanol–water partition coefficient (Wildman–Crippen LogP) is 3.13. The summed E-state index contributed by atoms with van der Waals surface area (Å²) in [6.07, 6.45) is 0.455. The lowest BCUT2D eigenvalue weighted by Crippen LogP contribution is -2.69. The van der Waals surface area contributed by atoms with Crippen molar-refractivity contribution in [3.63, 3.8) is 0 Å². The molecule has 28 heavy (non-hydrogen) atoms. The van der Waals surface area contributed by atoms with Crippen LogP contribution in [-0.2, 0) is 9.59 Å². The molecule has 1 N–H and O–H groups in total. The molecule has 2 heterocycles. The van der Waals surface area contributed by atoms with Crippen molar-refractivity contribution in [1.29, 1.82) is 0 Å². The van der Waals surface area contributed by atoms with E-state index in [4.69, 9.17) is 11.6 Å². The van der Waals surface area contributed by atoms with Gasteiger partial charge in [-0.2, -0.15) is 0 Å². The van der Waals surface area contributed by atoms with Gasteiger partial charge in [-0.25, -0.2) is 0 Å². The second kappa shape index (κ2) is 6.63. The predicted molar refractivity (Wildman–Crippen MR) is 106 cm³/mol. The number of hydrogen-bond acceptors (Lipinski definition) is 3. The summed E-state index contributed by atoms with van der Waals surface area (Å²) in [7, 11) is 1.58. The summed E-state index contributed by atoms with van der Waals surface area (Å²) in [6.45, 7) is 1.86. The quantitative estimate of drug-likeness (QED) is 0.865. The van der Waals surface area contributed by atoms with Crippen LogP contribution in [0.25, 0.3) is 0 Å². The van der Waals surface area contributed by atoms with Gasteiger partial charge in [0.1, 0.15) is 0 Å². The molecular weight excluding hydrogens is 378 g/mol. The normalized spacial score (nSPS) is 22.0. The van der Waals surface area contributed by atoms with E-state index in [1.54, 1.807) is 43.4 Å². The zero-order valence-electron chi connectivity index (χ0n) is 15.6. The van der Waals surface area contributed by atoms with Crippen molar-refractivity contribution < 1.29 is 14.4 Å². The lowest BCUT2D eigenvalue weighted by molar-refractivity contribution is -0.133. The average molecular weight is 398 g/mol. The summed E-state index contributed by atoms with van der Waals surface area (Å²) in [5, 5.41) is 3.59. The summed E-state index contributed by atoms with van der Waals surface area (Å²) in [4.78, 5) is 42.0. The first-order valence-electron chi connectivity index (χ1n) is 9.13. The zero-order valence-corrected chi connectivity index (χ0v) is 16.4. The molecule has 144 valence electrons. The van der Waals surface area contributed by atoms with E-state index < -0.39 is 5.66 Å². The van der Waals surface area contributed by atoms with E-state index in [0.29, 0.717) is 16.3 Å². The summed E-state index contributed by atoms with van der Waals surface area (Å²) in [6, 6.07) is 13.8. The van der Waals surface area contributed by atoms with E-state index in [1.165, 1.54) is 9.80 Å². The van der Waals surface area contributed by atoms with Gasteiger partial charge in [0.25, 0.3) is 11.8 Å². The summed E-state index contributed by atoms with van der Waals surface area (Å²) < 4.78 is 0. The third-order valence-corrected chi connectivity index (χ3v) is 5.87. The van der Waals surface area contributed by atoms with Crippen molar-refractivity contribution >= 4 is 35.0 Å². The number of benzene rings is 2. The van der Waals surface area contributed by atoms with Gasteiger partial charge in [-0.3, -0.25) is 19.3 Å². The highest BCUT2D eigenvalue weighted by Gasteiger charge is 2.59. The molecule has 0 unspecified atom stereocenters. The molecule has 1 fully saturated rings. The minimum Gasteiger partial charge on any atom is -0.346 e. The number of hydrogen-bond donors (Lipinski definition) is 1. The van der Waals surface area contributed by atoms with Crippen molar-refractivity contribution in [2.75, 3.05) is 11.9 Å². The maximum Gasteiger partial charge on any atom is 0.267 e. The molecule has 6 nitrogen and oxygen atoms in total. The van der Waals surface area contributed by atoms with Gasteiger partial charge in [-0.05, 0) is 36.8 Å². The van der Waals surface area contributed by atoms with Gasteiger partial charge in [-0.1, -0.05) is 35.9 Å². The Labute approximate surface area is 168 Å². The van der Waals surface area contributed by atoms with Crippen LogP contribution in [0, 0.1) is 0 Å². The highest BCUT2D eigenvalue weighted by atomic mass is 35.5. The number of halogens is 1. The molecule has 2 aromatic rings. The number of amides is 3. The lowest BCUT2D eigenvalue weighted by Gasteiger charge is -2.47. The maximum absolute atomic E-state index is 13.4. The molecule has 2 aliphatic heterocycles. The summed E-state index contributed by atoms with van der Waals surface area (Å²) in [5.74, 6) is -0.803. The molecule has 2 aliphatic rings. The second-order valence-electron chi connectivity index (χ2n) is 7.17. The Morgan fingerprint density at radius 2 is 1.82 bits per heavy atom. The van der Waals surface area contributed by atoms with Crippen LogP contribution in [0.2, 0.25) is 5.02 Å². The Morgan fingerprint density at radius 3 is 2.54 bits per heavy atom. The first-order valence-corrected chi connectivity index (χ1v) is 9.51. The number of para-hydroxylation sites is 1. The number of likely N-dealkylation sites (N-methyl/N-ethyl adjacent to an activating group) is 1. The maximum atomic E-state index is 13.4. The number of carbonyl (C=O) groups is 3. The monoisotopic (exact) mass is 397 g/mol. The molecule has 0 aliphatic carbocycles. The van der Waals surface area contributed by atoms with E-state index in [-0.39, 0.29) is 36.6 Å². The van der Waals surface area contributed by atoms with Gasteiger partial charge in [0.15, 0.2) is 0 Å². The lowest BCUT2D eigenvalue weighted by atomic mass is 9.95. The highest BCUT2D eigenvalue weighted by Crippen LogP contribution is 2.44. The number of rotatable bonds is 3. The van der Waals surface area contributed by atoms with E-state index >= 15 is 0 Å². The summed E-state index contributed by atoms with van der Waals surface area (Å²) >= 11 is 5.94. The largest absolute Gasteiger partial charge is 0.346 e. The molecule has 0 saturated carbocycles. The smallest absolute Gasteiger partial charge is 0.267 e. The van der Waals surface area contributed by atoms with Gasteiger partial charge in [-0.15, -0.1) is 0 Å². The van der Waals surface area contributed by atoms with Crippen LogP contribution in [0.4, 0.5) is 5.69 Å². The molecule has 3 amide bonds. The SMILES string of the molecule is C[C@H](NC(=O)[C@@]12CCC(=O)N1c1ccccc1C(=O)N2C)c1ccc(Cl)cc1. The Hall–Kier alpha value is -2.86. The second-order valence-corrected chi connectivity index (χ2v) is 7.61. The van der Waals surface area contributed by atoms with Crippen molar-refractivity contribution in [2.24, 2.45) is 0 Å². The topological polar surface area (TPSA) is 69.7 Å². The molecule has 1 saturated heterocycles. The zero-order chi connectivity index (χ0) is 20.1. The van der Waals surface area contributed by atoms with Crippen LogP contribution in [0.15, 0.2) is 48.5 Å². The molecule has 7 heteroatoms. The van der Waals surface area contributed by atoms with Gasteiger partial charge in [0.2, 0.25) is 11.6 Å². The van der Waals surface area contributed by atoms with Gasteiger partial charge in [0.05, 0.1) is 17.3 Å². The third kappa shape index (κ3) is 2.59. The Morgan fingerprint density at radius 1 is 1.14 bits per heavy atom. The standard InChI is InChI=1S/C21H20ClN3O3/c1-13(14-7-9-15(22)10-8-14)23-20(28)21-12-11-18(26)25(21)17-6-4-3-5-16(17)19(27)24(21)2/h3-10,13H,11-12H2,1-2H3,(H,23,28)/t13-,21+/m0/s1. The van der Waals surface area contributed by atoms with Gasteiger partial charge in [0, 0.05) is 24.9 Å². The van der Waals surface area contributed by atoms with Crippen molar-refractivity contribution in [1.82, 2.24) is 10.2 Å². The molecule has 0 aromatic heterocycles. The summed E-state index contributed by atoms with van der Waals surface area (Å²) in [5.41, 5.74) is 0.440. The fourth-order valence-electron chi connectivity index (χ4n) is 4.08. The Bertz CT molecular complexity index is 975. The molecule has 2 atom stereocenters. The first kappa shape index (κ1) is 18.5. The highest BCUT2D eigenvalue weighted by molar-refractivity contribution is 6.30. The fourth-order valence-corrected chi connectivity index (χ4v) is 4.20. The van der Waals surface area contributed by atoms with Gasteiger partial charge < -0.3 is 10.2 Å². The van der Waals surface area contributed by atoms with Crippen molar-refractivity contribution in [3.05, 3.63) is 64.7 Å². The van der Waals surface area contributed by atoms with E-state index in [1.807, 2.05) is 19.1 Å². The number of nitrogens with one attached hydrogen (secondary N) is 1. The van der Waals surface area contributed by atoms with Crippen molar-refractivity contribution in [2.45, 2.75) is 31.5 Å². The van der Waals surface area contributed by atoms with Crippen LogP contribution in [0.5, 0.6) is 0 Å². The molecule has 4 rings (SSSR count). The first-order chi connectivity index (χ1) is 13.4. The van der Waals surface area contributed by atoms with E-state index in [0.717, 1.165) is 5.56 Å². The van der Waals surface area contributed by atoms with Gasteiger partial charge >= 0.3 is 0 Å². The molecule has 0 spiro atoms. The van der Waals surface area contributed by atoms with Crippen LogP contribution < -0.4 is 10.2 Å². The van der Waals surface area contributed by atoms with E-state index in [2.05, 4.69) is 5.32 Å². The Kier molecular flexibility index (Phi) is 4.38. The average Bonchev–Trinajstić information content (AvgIpc) is 3.05. The number of carbonyl (C=O) groups excluding carboxylic acids is 3. The molecule has 2 aromatic carbocycles. The fraction of sp³-hybridized carbons (Fsp3) is 0.286. The minimum absolute atomic E-state index is 0.166. The van der Waals surface area contributed by atoms with Crippen molar-refractivity contribution in [3.8, 4) is 0 Å². The number of anilines is 1. The van der Waals surface area contributed by atoms with Crippen LogP contribution >= 0.6 is 11.6 Å². The van der Waals surface area contributed by atoms with Crippen LogP contribution in [0.3, 0.4) is 0 Å². The number of fused-ring (bicyclic) bond motifs is 3. The molecule has 0 bridgehead atoms. The Balaban J connectivity index is 1.72. The minimum atomic E-state index is -1.36. The van der Waals surface area contributed by atoms with E-state index in [9.17, 15) is 14.4 Å². The molecule has 0 radical (unpaired) electrons. The van der Waals surface area contributed by atoms with Crippen LogP contribution in [-0.4, -0.2) is 35.3 Å². The van der Waals surface area contributed by atoms with Crippen LogP contribution in [0.1, 0.15) is 41.7 Å². The molecular formula is C21H20ClN3O3. The number of nitrogens with zero attached hydrogens (tertiary/aromatic N) is 2.